The minimum Gasteiger partial charge on any atom is -0.464 e. The van der Waals surface area contributed by atoms with Gasteiger partial charge in [0.25, 0.3) is 0 Å². The van der Waals surface area contributed by atoms with Gasteiger partial charge in [-0.1, -0.05) is 33.8 Å². The third-order valence-corrected chi connectivity index (χ3v) is 7.52. The van der Waals surface area contributed by atoms with Gasteiger partial charge in [-0.15, -0.1) is 0 Å². The number of carbonyl (C=O) groups is 2. The second-order valence-corrected chi connectivity index (χ2v) is 12.1. The SMILES string of the molecule is CC(C)CN(CC(C)C)C(=O)[C@H](CC(=O)N(C)CCc1ccccn1)NS(=O)(=O)c1ccc2occc2c1. The number of nitrogens with zero attached hydrogens (tertiary/aromatic N) is 3. The molecule has 38 heavy (non-hydrogen) atoms. The lowest BCUT2D eigenvalue weighted by molar-refractivity contribution is -0.138. The summed E-state index contributed by atoms with van der Waals surface area (Å²) < 4.78 is 34.6. The van der Waals surface area contributed by atoms with Gasteiger partial charge in [-0.05, 0) is 48.2 Å². The number of rotatable bonds is 13. The van der Waals surface area contributed by atoms with Gasteiger partial charge in [-0.3, -0.25) is 14.6 Å². The van der Waals surface area contributed by atoms with Gasteiger partial charge in [0.1, 0.15) is 11.6 Å². The second kappa shape index (κ2) is 13.0. The van der Waals surface area contributed by atoms with Crippen molar-refractivity contribution in [1.29, 1.82) is 0 Å². The third-order valence-electron chi connectivity index (χ3n) is 6.05. The molecule has 0 saturated heterocycles. The number of hydrogen-bond donors (Lipinski definition) is 1. The Kier molecular flexibility index (Phi) is 10.0. The minimum absolute atomic E-state index is 0.000533. The molecule has 0 aliphatic heterocycles. The van der Waals surface area contributed by atoms with E-state index in [1.807, 2.05) is 45.9 Å². The molecule has 10 heteroatoms. The van der Waals surface area contributed by atoms with Crippen LogP contribution < -0.4 is 4.72 Å². The Morgan fingerprint density at radius 2 is 1.74 bits per heavy atom. The lowest BCUT2D eigenvalue weighted by Gasteiger charge is -2.31. The Hall–Kier alpha value is -3.24. The number of amides is 2. The van der Waals surface area contributed by atoms with Gasteiger partial charge in [-0.2, -0.15) is 4.72 Å². The van der Waals surface area contributed by atoms with E-state index in [4.69, 9.17) is 4.42 Å². The largest absolute Gasteiger partial charge is 0.464 e. The molecule has 0 unspecified atom stereocenters. The summed E-state index contributed by atoms with van der Waals surface area (Å²) in [7, 11) is -2.46. The lowest BCUT2D eigenvalue weighted by Crippen LogP contribution is -2.52. The van der Waals surface area contributed by atoms with Gasteiger partial charge in [0.2, 0.25) is 21.8 Å². The van der Waals surface area contributed by atoms with Crippen molar-refractivity contribution >= 4 is 32.8 Å². The van der Waals surface area contributed by atoms with Crippen LogP contribution in [-0.4, -0.2) is 67.7 Å². The predicted molar refractivity (Wildman–Crippen MR) is 147 cm³/mol. The van der Waals surface area contributed by atoms with Crippen LogP contribution >= 0.6 is 0 Å². The maximum atomic E-state index is 13.7. The van der Waals surface area contributed by atoms with Gasteiger partial charge >= 0.3 is 0 Å². The molecule has 1 aromatic carbocycles. The number of hydrogen-bond acceptors (Lipinski definition) is 6. The van der Waals surface area contributed by atoms with Crippen molar-refractivity contribution in [2.45, 2.75) is 51.5 Å². The van der Waals surface area contributed by atoms with Gasteiger partial charge in [0, 0.05) is 50.4 Å². The van der Waals surface area contributed by atoms with Gasteiger partial charge in [0.05, 0.1) is 17.6 Å². The van der Waals surface area contributed by atoms with Crippen LogP contribution in [0.5, 0.6) is 0 Å². The highest BCUT2D eigenvalue weighted by molar-refractivity contribution is 7.89. The Morgan fingerprint density at radius 1 is 1.03 bits per heavy atom. The molecular formula is C28H38N4O5S. The fourth-order valence-corrected chi connectivity index (χ4v) is 5.41. The zero-order chi connectivity index (χ0) is 27.9. The molecule has 9 nitrogen and oxygen atoms in total. The number of fused-ring (bicyclic) bond motifs is 1. The molecule has 2 heterocycles. The van der Waals surface area contributed by atoms with Crippen LogP contribution in [0.4, 0.5) is 0 Å². The van der Waals surface area contributed by atoms with Crippen LogP contribution in [0.3, 0.4) is 0 Å². The summed E-state index contributed by atoms with van der Waals surface area (Å²) in [5.74, 6) is -0.390. The van der Waals surface area contributed by atoms with Crippen molar-refractivity contribution < 1.29 is 22.4 Å². The van der Waals surface area contributed by atoms with Crippen LogP contribution in [0.2, 0.25) is 0 Å². The second-order valence-electron chi connectivity index (χ2n) is 10.4. The van der Waals surface area contributed by atoms with E-state index in [-0.39, 0.29) is 29.1 Å². The van der Waals surface area contributed by atoms with Crippen molar-refractivity contribution in [3.63, 3.8) is 0 Å². The molecule has 3 aromatic rings. The van der Waals surface area contributed by atoms with E-state index in [1.165, 1.54) is 23.3 Å². The number of furan rings is 1. The summed E-state index contributed by atoms with van der Waals surface area (Å²) in [4.78, 5) is 34.4. The summed E-state index contributed by atoms with van der Waals surface area (Å²) >= 11 is 0. The van der Waals surface area contributed by atoms with Crippen molar-refractivity contribution in [3.8, 4) is 0 Å². The first kappa shape index (κ1) is 29.3. The number of benzene rings is 1. The summed E-state index contributed by atoms with van der Waals surface area (Å²) in [6, 6.07) is 10.5. The van der Waals surface area contributed by atoms with Crippen molar-refractivity contribution in [3.05, 3.63) is 60.6 Å². The van der Waals surface area contributed by atoms with E-state index < -0.39 is 22.0 Å². The quantitative estimate of drug-likeness (QED) is 0.352. The highest BCUT2D eigenvalue weighted by Crippen LogP contribution is 2.21. The molecule has 3 rings (SSSR count). The molecule has 0 aliphatic carbocycles. The first-order chi connectivity index (χ1) is 18.0. The van der Waals surface area contributed by atoms with Gasteiger partial charge in [-0.25, -0.2) is 8.42 Å². The van der Waals surface area contributed by atoms with Crippen LogP contribution in [0.1, 0.15) is 39.8 Å². The average molecular weight is 543 g/mol. The molecule has 2 aromatic heterocycles. The van der Waals surface area contributed by atoms with Gasteiger partial charge in [0.15, 0.2) is 0 Å². The van der Waals surface area contributed by atoms with Crippen LogP contribution in [0.25, 0.3) is 11.0 Å². The molecule has 1 N–H and O–H groups in total. The maximum Gasteiger partial charge on any atom is 0.241 e. The zero-order valence-electron chi connectivity index (χ0n) is 22.8. The van der Waals surface area contributed by atoms with Crippen LogP contribution in [0, 0.1) is 11.8 Å². The van der Waals surface area contributed by atoms with Crippen molar-refractivity contribution in [2.24, 2.45) is 11.8 Å². The number of likely N-dealkylation sites (N-methyl/N-ethyl adjacent to an activating group) is 1. The van der Waals surface area contributed by atoms with Crippen LogP contribution in [-0.2, 0) is 26.0 Å². The number of nitrogens with one attached hydrogen (secondary N) is 1. The molecule has 0 radical (unpaired) electrons. The molecule has 0 fully saturated rings. The summed E-state index contributed by atoms with van der Waals surface area (Å²) in [6.45, 7) is 9.29. The molecule has 1 atom stereocenters. The Morgan fingerprint density at radius 3 is 2.37 bits per heavy atom. The molecule has 0 spiro atoms. The summed E-state index contributed by atoms with van der Waals surface area (Å²) in [5.41, 5.74) is 1.40. The van der Waals surface area contributed by atoms with E-state index >= 15 is 0 Å². The standard InChI is InChI=1S/C28H38N4O5S/c1-20(2)18-32(19-21(3)4)28(34)25(17-27(33)31(5)14-11-23-8-6-7-13-29-23)30-38(35,36)24-9-10-26-22(16-24)12-15-37-26/h6-10,12-13,15-16,20-21,25,30H,11,14,17-19H2,1-5H3/t25-/m0/s1. The summed E-state index contributed by atoms with van der Waals surface area (Å²) in [6.07, 6.45) is 3.43. The topological polar surface area (TPSA) is 113 Å². The molecule has 0 aliphatic rings. The van der Waals surface area contributed by atoms with Crippen LogP contribution in [0.15, 0.2) is 64.2 Å². The average Bonchev–Trinajstić information content (AvgIpc) is 3.34. The number of aromatic nitrogens is 1. The third kappa shape index (κ3) is 8.13. The summed E-state index contributed by atoms with van der Waals surface area (Å²) in [5, 5.41) is 0.627. The molecular weight excluding hydrogens is 504 g/mol. The molecule has 2 amide bonds. The van der Waals surface area contributed by atoms with Gasteiger partial charge < -0.3 is 14.2 Å². The first-order valence-electron chi connectivity index (χ1n) is 12.9. The number of carbonyl (C=O) groups excluding carboxylic acids is 2. The smallest absolute Gasteiger partial charge is 0.241 e. The Balaban J connectivity index is 1.84. The molecule has 0 bridgehead atoms. The number of pyridine rings is 1. The van der Waals surface area contributed by atoms with Crippen molar-refractivity contribution in [1.82, 2.24) is 19.5 Å². The lowest BCUT2D eigenvalue weighted by atomic mass is 10.1. The zero-order valence-corrected chi connectivity index (χ0v) is 23.6. The predicted octanol–water partition coefficient (Wildman–Crippen LogP) is 3.71. The molecule has 0 saturated carbocycles. The van der Waals surface area contributed by atoms with E-state index in [0.717, 1.165) is 5.69 Å². The number of sulfonamides is 1. The fourth-order valence-electron chi connectivity index (χ4n) is 4.19. The van der Waals surface area contributed by atoms with E-state index in [2.05, 4.69) is 9.71 Å². The first-order valence-corrected chi connectivity index (χ1v) is 14.4. The minimum atomic E-state index is -4.11. The Labute approximate surface area is 225 Å². The van der Waals surface area contributed by atoms with Crippen molar-refractivity contribution in [2.75, 3.05) is 26.7 Å². The maximum absolute atomic E-state index is 13.7. The normalized spacial score (nSPS) is 12.7. The molecule has 206 valence electrons. The fraction of sp³-hybridized carbons (Fsp3) is 0.464. The van der Waals surface area contributed by atoms with E-state index in [9.17, 15) is 18.0 Å². The van der Waals surface area contributed by atoms with E-state index in [1.54, 1.807) is 30.3 Å². The Bertz CT molecular complexity index is 1310. The van der Waals surface area contributed by atoms with E-state index in [0.29, 0.717) is 37.0 Å². The monoisotopic (exact) mass is 542 g/mol. The highest BCUT2D eigenvalue weighted by atomic mass is 32.2. The highest BCUT2D eigenvalue weighted by Gasteiger charge is 2.32.